The van der Waals surface area contributed by atoms with Gasteiger partial charge in [-0.15, -0.1) is 0 Å². The average molecular weight is 369 g/mol. The van der Waals surface area contributed by atoms with Crippen LogP contribution >= 0.6 is 0 Å². The zero-order valence-electron chi connectivity index (χ0n) is 16.1. The first kappa shape index (κ1) is 18.8. The second-order valence-electron chi connectivity index (χ2n) is 6.83. The first-order valence-electron chi connectivity index (χ1n) is 8.63. The van der Waals surface area contributed by atoms with Gasteiger partial charge in [0.15, 0.2) is 11.5 Å². The first-order chi connectivity index (χ1) is 12.8. The first-order valence-corrected chi connectivity index (χ1v) is 8.63. The fourth-order valence-corrected chi connectivity index (χ4v) is 3.86. The molecular weight excluding hydrogens is 346 g/mol. The number of nitrogens with zero attached hydrogens (tertiary/aromatic N) is 1. The Morgan fingerprint density at radius 1 is 1.04 bits per heavy atom. The van der Waals surface area contributed by atoms with Crippen molar-refractivity contribution in [2.24, 2.45) is 0 Å². The predicted molar refractivity (Wildman–Crippen MR) is 101 cm³/mol. The molecule has 2 aromatic rings. The third-order valence-electron chi connectivity index (χ3n) is 5.18. The Hall–Kier alpha value is -3.02. The molecule has 142 valence electrons. The number of aryl methyl sites for hydroxylation is 2. The maximum absolute atomic E-state index is 13.1. The van der Waals surface area contributed by atoms with Crippen LogP contribution in [0.3, 0.4) is 0 Å². The van der Waals surface area contributed by atoms with E-state index in [0.717, 1.165) is 16.7 Å². The molecule has 0 saturated carbocycles. The van der Waals surface area contributed by atoms with Crippen molar-refractivity contribution in [1.82, 2.24) is 4.90 Å². The lowest BCUT2D eigenvalue weighted by molar-refractivity contribution is -0.140. The number of likely N-dealkylation sites (N-methyl/N-ethyl adjacent to an activating group) is 1. The topological polar surface area (TPSA) is 76.1 Å². The van der Waals surface area contributed by atoms with Gasteiger partial charge in [0.05, 0.1) is 20.3 Å². The largest absolute Gasteiger partial charge is 0.493 e. The van der Waals surface area contributed by atoms with Gasteiger partial charge in [-0.3, -0.25) is 9.59 Å². The highest BCUT2D eigenvalue weighted by Crippen LogP contribution is 2.46. The number of hydrogen-bond donors (Lipinski definition) is 1. The van der Waals surface area contributed by atoms with Gasteiger partial charge in [0.25, 0.3) is 5.91 Å². The van der Waals surface area contributed by atoms with Crippen LogP contribution in [0.5, 0.6) is 11.5 Å². The van der Waals surface area contributed by atoms with Gasteiger partial charge in [-0.2, -0.15) is 0 Å². The minimum absolute atomic E-state index is 0.242. The number of carboxylic acids is 1. The summed E-state index contributed by atoms with van der Waals surface area (Å²) in [4.78, 5) is 26.8. The van der Waals surface area contributed by atoms with Crippen LogP contribution in [0.4, 0.5) is 0 Å². The summed E-state index contributed by atoms with van der Waals surface area (Å²) in [6.07, 6.45) is 0. The summed E-state index contributed by atoms with van der Waals surface area (Å²) in [5.74, 6) is -1.35. The van der Waals surface area contributed by atoms with E-state index in [4.69, 9.17) is 9.47 Å². The SMILES string of the molecule is COc1cc2c(cc1OC)[C@@H](C(=O)O)[C@H](c1ccc(C)cc1C)N(C)C2=O. The van der Waals surface area contributed by atoms with Gasteiger partial charge in [0.1, 0.15) is 5.92 Å². The molecule has 2 aromatic carbocycles. The van der Waals surface area contributed by atoms with Crippen molar-refractivity contribution in [3.63, 3.8) is 0 Å². The van der Waals surface area contributed by atoms with Gasteiger partial charge < -0.3 is 19.5 Å². The number of carbonyl (C=O) groups excluding carboxylic acids is 1. The van der Waals surface area contributed by atoms with Crippen LogP contribution < -0.4 is 9.47 Å². The Labute approximate surface area is 158 Å². The number of benzene rings is 2. The lowest BCUT2D eigenvalue weighted by atomic mass is 9.78. The number of amides is 1. The number of fused-ring (bicyclic) bond motifs is 1. The summed E-state index contributed by atoms with van der Waals surface area (Å²) in [6.45, 7) is 3.91. The van der Waals surface area contributed by atoms with Crippen LogP contribution in [-0.2, 0) is 4.79 Å². The van der Waals surface area contributed by atoms with E-state index in [-0.39, 0.29) is 5.91 Å². The summed E-state index contributed by atoms with van der Waals surface area (Å²) in [7, 11) is 4.61. The third kappa shape index (κ3) is 3.01. The molecule has 0 fully saturated rings. The van der Waals surface area contributed by atoms with Crippen molar-refractivity contribution in [3.05, 3.63) is 58.1 Å². The van der Waals surface area contributed by atoms with Gasteiger partial charge in [-0.25, -0.2) is 0 Å². The Bertz CT molecular complexity index is 921. The summed E-state index contributed by atoms with van der Waals surface area (Å²) >= 11 is 0. The monoisotopic (exact) mass is 369 g/mol. The Morgan fingerprint density at radius 3 is 2.22 bits per heavy atom. The van der Waals surface area contributed by atoms with E-state index in [1.54, 1.807) is 19.2 Å². The fourth-order valence-electron chi connectivity index (χ4n) is 3.86. The molecule has 1 aliphatic heterocycles. The molecule has 1 N–H and O–H groups in total. The van der Waals surface area contributed by atoms with Crippen LogP contribution in [0.2, 0.25) is 0 Å². The molecule has 2 atom stereocenters. The summed E-state index contributed by atoms with van der Waals surface area (Å²) < 4.78 is 10.6. The number of aliphatic carboxylic acids is 1. The van der Waals surface area contributed by atoms with Crippen molar-refractivity contribution in [2.75, 3.05) is 21.3 Å². The smallest absolute Gasteiger partial charge is 0.313 e. The van der Waals surface area contributed by atoms with Gasteiger partial charge in [-0.05, 0) is 42.7 Å². The number of ether oxygens (including phenoxy) is 2. The second-order valence-corrected chi connectivity index (χ2v) is 6.83. The molecule has 0 aliphatic carbocycles. The molecule has 3 rings (SSSR count). The molecule has 1 amide bonds. The number of carboxylic acid groups (broad SMARTS) is 1. The van der Waals surface area contributed by atoms with Crippen molar-refractivity contribution in [1.29, 1.82) is 0 Å². The number of rotatable bonds is 4. The van der Waals surface area contributed by atoms with Crippen molar-refractivity contribution in [3.8, 4) is 11.5 Å². The third-order valence-corrected chi connectivity index (χ3v) is 5.18. The van der Waals surface area contributed by atoms with Crippen molar-refractivity contribution in [2.45, 2.75) is 25.8 Å². The van der Waals surface area contributed by atoms with E-state index < -0.39 is 17.9 Å². The van der Waals surface area contributed by atoms with Crippen molar-refractivity contribution < 1.29 is 24.2 Å². The molecule has 27 heavy (non-hydrogen) atoms. The molecule has 0 saturated heterocycles. The normalized spacial score (nSPS) is 18.9. The minimum atomic E-state index is -0.993. The molecule has 6 heteroatoms. The van der Waals surface area contributed by atoms with E-state index in [9.17, 15) is 14.7 Å². The van der Waals surface area contributed by atoms with Crippen LogP contribution in [0.15, 0.2) is 30.3 Å². The molecule has 0 unspecified atom stereocenters. The quantitative estimate of drug-likeness (QED) is 0.895. The number of hydrogen-bond acceptors (Lipinski definition) is 4. The highest BCUT2D eigenvalue weighted by molar-refractivity contribution is 6.01. The van der Waals surface area contributed by atoms with Crippen LogP contribution in [0.1, 0.15) is 44.6 Å². The van der Waals surface area contributed by atoms with E-state index >= 15 is 0 Å². The minimum Gasteiger partial charge on any atom is -0.493 e. The van der Waals surface area contributed by atoms with Gasteiger partial charge >= 0.3 is 5.97 Å². The van der Waals surface area contributed by atoms with Gasteiger partial charge in [0, 0.05) is 12.6 Å². The molecule has 1 aliphatic rings. The van der Waals surface area contributed by atoms with Gasteiger partial charge in [-0.1, -0.05) is 23.8 Å². The second kappa shape index (κ2) is 6.95. The molecular formula is C21H23NO5. The van der Waals surface area contributed by atoms with Crippen molar-refractivity contribution >= 4 is 11.9 Å². The molecule has 1 heterocycles. The highest BCUT2D eigenvalue weighted by atomic mass is 16.5. The zero-order valence-corrected chi connectivity index (χ0v) is 16.1. The van der Waals surface area contributed by atoms with Crippen LogP contribution in [-0.4, -0.2) is 43.2 Å². The predicted octanol–water partition coefficient (Wildman–Crippen LogP) is 3.32. The van der Waals surface area contributed by atoms with E-state index in [0.29, 0.717) is 22.6 Å². The number of methoxy groups -OCH3 is 2. The highest BCUT2D eigenvalue weighted by Gasteiger charge is 2.44. The zero-order chi connectivity index (χ0) is 19.9. The molecule has 0 radical (unpaired) electrons. The standard InChI is InChI=1S/C21H23NO5/c1-11-6-7-13(12(2)8-11)19-18(21(24)25)14-9-16(26-4)17(27-5)10-15(14)20(23)22(19)3/h6-10,18-19H,1-5H3,(H,24,25)/t18-,19+/m1/s1. The Kier molecular flexibility index (Phi) is 4.83. The fraction of sp³-hybridized carbons (Fsp3) is 0.333. The number of carbonyl (C=O) groups is 2. The van der Waals surface area contributed by atoms with E-state index in [2.05, 4.69) is 0 Å². The molecule has 0 spiro atoms. The maximum Gasteiger partial charge on any atom is 0.313 e. The summed E-state index contributed by atoms with van der Waals surface area (Å²) in [5.41, 5.74) is 3.62. The summed E-state index contributed by atoms with van der Waals surface area (Å²) in [6, 6.07) is 8.39. The molecule has 0 bridgehead atoms. The van der Waals surface area contributed by atoms with Crippen LogP contribution in [0.25, 0.3) is 0 Å². The Morgan fingerprint density at radius 2 is 1.67 bits per heavy atom. The van der Waals surface area contributed by atoms with Crippen LogP contribution in [0, 0.1) is 13.8 Å². The Balaban J connectivity index is 2.26. The molecule has 0 aromatic heterocycles. The lowest BCUT2D eigenvalue weighted by Gasteiger charge is -2.39. The van der Waals surface area contributed by atoms with E-state index in [1.165, 1.54) is 19.1 Å². The van der Waals surface area contributed by atoms with Gasteiger partial charge in [0.2, 0.25) is 0 Å². The van der Waals surface area contributed by atoms with E-state index in [1.807, 2.05) is 32.0 Å². The maximum atomic E-state index is 13.1. The lowest BCUT2D eigenvalue weighted by Crippen LogP contribution is -2.43. The average Bonchev–Trinajstić information content (AvgIpc) is 2.63. The summed E-state index contributed by atoms with van der Waals surface area (Å²) in [5, 5.41) is 10.0. The molecule has 6 nitrogen and oxygen atoms in total.